The van der Waals surface area contributed by atoms with Crippen molar-refractivity contribution >= 4 is 16.8 Å². The minimum Gasteiger partial charge on any atom is -0.469 e. The fraction of sp³-hybridized carbons (Fsp3) is 0.923. The Labute approximate surface area is 107 Å². The molecule has 17 heavy (non-hydrogen) atoms. The van der Waals surface area contributed by atoms with Gasteiger partial charge in [0.15, 0.2) is 0 Å². The highest BCUT2D eigenvalue weighted by Crippen LogP contribution is 2.31. The van der Waals surface area contributed by atoms with Crippen LogP contribution in [0.4, 0.5) is 0 Å². The van der Waals surface area contributed by atoms with Crippen molar-refractivity contribution in [1.29, 1.82) is 0 Å². The molecule has 1 aliphatic rings. The third-order valence-corrected chi connectivity index (χ3v) is 5.48. The summed E-state index contributed by atoms with van der Waals surface area (Å²) in [6.07, 6.45) is 3.30. The largest absolute Gasteiger partial charge is 0.469 e. The first-order valence-electron chi connectivity index (χ1n) is 6.39. The number of carbonyl (C=O) groups is 1. The topological polar surface area (TPSA) is 43.4 Å². The standard InChI is InChI=1S/C13H24O3S/c1-9-5-10(2)7-12(6-9)17(15)8-11(3)13(14)16-4/h9-12H,5-8H2,1-4H3. The van der Waals surface area contributed by atoms with E-state index in [2.05, 4.69) is 18.6 Å². The van der Waals surface area contributed by atoms with Crippen LogP contribution in [0.15, 0.2) is 0 Å². The Morgan fingerprint density at radius 1 is 1.29 bits per heavy atom. The maximum absolute atomic E-state index is 12.2. The van der Waals surface area contributed by atoms with Gasteiger partial charge in [-0.05, 0) is 31.1 Å². The number of carbonyl (C=O) groups excluding carboxylic acids is 1. The Morgan fingerprint density at radius 2 is 1.82 bits per heavy atom. The molecule has 0 heterocycles. The molecule has 4 atom stereocenters. The fourth-order valence-electron chi connectivity index (χ4n) is 2.74. The van der Waals surface area contributed by atoms with Crippen LogP contribution >= 0.6 is 0 Å². The summed E-state index contributed by atoms with van der Waals surface area (Å²) in [6.45, 7) is 6.24. The van der Waals surface area contributed by atoms with Crippen molar-refractivity contribution < 1.29 is 13.7 Å². The highest BCUT2D eigenvalue weighted by Gasteiger charge is 2.29. The summed E-state index contributed by atoms with van der Waals surface area (Å²) in [5.74, 6) is 1.24. The molecule has 0 bridgehead atoms. The molecule has 0 saturated heterocycles. The Kier molecular flexibility index (Phi) is 5.63. The second-order valence-electron chi connectivity index (χ2n) is 5.51. The van der Waals surface area contributed by atoms with Gasteiger partial charge in [-0.15, -0.1) is 0 Å². The van der Waals surface area contributed by atoms with Crippen LogP contribution in [0.25, 0.3) is 0 Å². The molecule has 0 aromatic carbocycles. The van der Waals surface area contributed by atoms with E-state index >= 15 is 0 Å². The molecule has 0 radical (unpaired) electrons. The zero-order valence-corrected chi connectivity index (χ0v) is 12.1. The summed E-state index contributed by atoms with van der Waals surface area (Å²) >= 11 is 0. The van der Waals surface area contributed by atoms with Gasteiger partial charge < -0.3 is 4.74 Å². The molecule has 0 aromatic heterocycles. The Balaban J connectivity index is 2.49. The van der Waals surface area contributed by atoms with Gasteiger partial charge in [0.2, 0.25) is 0 Å². The molecule has 0 amide bonds. The first-order valence-corrected chi connectivity index (χ1v) is 7.77. The molecule has 1 fully saturated rings. The van der Waals surface area contributed by atoms with Crippen LogP contribution in [0.3, 0.4) is 0 Å². The van der Waals surface area contributed by atoms with Crippen molar-refractivity contribution in [3.8, 4) is 0 Å². The van der Waals surface area contributed by atoms with E-state index in [-0.39, 0.29) is 17.1 Å². The number of methoxy groups -OCH3 is 1. The van der Waals surface area contributed by atoms with Crippen LogP contribution in [0.5, 0.6) is 0 Å². The SMILES string of the molecule is COC(=O)C(C)CS(=O)C1CC(C)CC(C)C1. The van der Waals surface area contributed by atoms with E-state index < -0.39 is 10.8 Å². The van der Waals surface area contributed by atoms with Crippen LogP contribution in [-0.2, 0) is 20.3 Å². The lowest BCUT2D eigenvalue weighted by atomic mass is 9.83. The van der Waals surface area contributed by atoms with Crippen LogP contribution in [0, 0.1) is 17.8 Å². The molecular formula is C13H24O3S. The summed E-state index contributed by atoms with van der Waals surface area (Å²) in [7, 11) is 0.481. The van der Waals surface area contributed by atoms with Gasteiger partial charge in [0.1, 0.15) is 0 Å². The molecule has 0 aromatic rings. The Bertz CT molecular complexity index is 280. The Morgan fingerprint density at radius 3 is 2.29 bits per heavy atom. The number of rotatable bonds is 4. The van der Waals surface area contributed by atoms with Gasteiger partial charge in [0.25, 0.3) is 0 Å². The van der Waals surface area contributed by atoms with E-state index in [4.69, 9.17) is 0 Å². The third-order valence-electron chi connectivity index (χ3n) is 3.52. The molecule has 100 valence electrons. The normalized spacial score (nSPS) is 32.8. The van der Waals surface area contributed by atoms with Gasteiger partial charge in [-0.3, -0.25) is 9.00 Å². The van der Waals surface area contributed by atoms with Gasteiger partial charge in [0.05, 0.1) is 13.0 Å². The second-order valence-corrected chi connectivity index (χ2v) is 7.27. The number of ether oxygens (including phenoxy) is 1. The zero-order valence-electron chi connectivity index (χ0n) is 11.3. The second kappa shape index (κ2) is 6.53. The summed E-state index contributed by atoms with van der Waals surface area (Å²) in [6, 6.07) is 0. The van der Waals surface area contributed by atoms with E-state index in [1.54, 1.807) is 6.92 Å². The molecule has 0 N–H and O–H groups in total. The fourth-order valence-corrected chi connectivity index (χ4v) is 4.73. The predicted octanol–water partition coefficient (Wildman–Crippen LogP) is 2.37. The van der Waals surface area contributed by atoms with Gasteiger partial charge in [-0.1, -0.05) is 20.8 Å². The summed E-state index contributed by atoms with van der Waals surface area (Å²) in [4.78, 5) is 11.3. The van der Waals surface area contributed by atoms with E-state index in [9.17, 15) is 9.00 Å². The minimum absolute atomic E-state index is 0.254. The van der Waals surface area contributed by atoms with Gasteiger partial charge >= 0.3 is 5.97 Å². The lowest BCUT2D eigenvalue weighted by Crippen LogP contribution is -2.31. The van der Waals surface area contributed by atoms with Crippen molar-refractivity contribution in [3.63, 3.8) is 0 Å². The zero-order chi connectivity index (χ0) is 13.0. The van der Waals surface area contributed by atoms with Crippen LogP contribution in [0.1, 0.15) is 40.0 Å². The number of hydrogen-bond donors (Lipinski definition) is 0. The molecule has 1 saturated carbocycles. The van der Waals surface area contributed by atoms with Crippen LogP contribution < -0.4 is 0 Å². The van der Waals surface area contributed by atoms with Gasteiger partial charge in [0, 0.05) is 21.8 Å². The van der Waals surface area contributed by atoms with Crippen molar-refractivity contribution in [2.45, 2.75) is 45.3 Å². The average Bonchev–Trinajstić information content (AvgIpc) is 2.26. The van der Waals surface area contributed by atoms with Crippen molar-refractivity contribution in [2.75, 3.05) is 12.9 Å². The highest BCUT2D eigenvalue weighted by molar-refractivity contribution is 7.85. The minimum atomic E-state index is -0.901. The molecule has 3 nitrogen and oxygen atoms in total. The van der Waals surface area contributed by atoms with Gasteiger partial charge in [-0.25, -0.2) is 0 Å². The maximum Gasteiger partial charge on any atom is 0.309 e. The molecule has 0 spiro atoms. The summed E-state index contributed by atoms with van der Waals surface area (Å²) in [5.41, 5.74) is 0. The summed E-state index contributed by atoms with van der Waals surface area (Å²) < 4.78 is 16.9. The van der Waals surface area contributed by atoms with Crippen LogP contribution in [0.2, 0.25) is 0 Å². The average molecular weight is 260 g/mol. The highest BCUT2D eigenvalue weighted by atomic mass is 32.2. The van der Waals surface area contributed by atoms with Crippen LogP contribution in [-0.4, -0.2) is 28.3 Å². The Hall–Kier alpha value is -0.380. The van der Waals surface area contributed by atoms with Gasteiger partial charge in [-0.2, -0.15) is 0 Å². The van der Waals surface area contributed by atoms with E-state index in [1.165, 1.54) is 13.5 Å². The molecule has 4 unspecified atom stereocenters. The van der Waals surface area contributed by atoms with Crippen molar-refractivity contribution in [1.82, 2.24) is 0 Å². The predicted molar refractivity (Wildman–Crippen MR) is 70.2 cm³/mol. The van der Waals surface area contributed by atoms with Crippen molar-refractivity contribution in [2.24, 2.45) is 17.8 Å². The van der Waals surface area contributed by atoms with E-state index in [1.807, 2.05) is 0 Å². The number of esters is 1. The quantitative estimate of drug-likeness (QED) is 0.729. The molecule has 1 rings (SSSR count). The first-order chi connectivity index (χ1) is 7.93. The first kappa shape index (κ1) is 14.7. The van der Waals surface area contributed by atoms with Crippen molar-refractivity contribution in [3.05, 3.63) is 0 Å². The lowest BCUT2D eigenvalue weighted by Gasteiger charge is -2.31. The van der Waals surface area contributed by atoms with E-state index in [0.29, 0.717) is 17.6 Å². The number of hydrogen-bond acceptors (Lipinski definition) is 3. The molecule has 1 aliphatic carbocycles. The smallest absolute Gasteiger partial charge is 0.309 e. The molecule has 0 aliphatic heterocycles. The monoisotopic (exact) mass is 260 g/mol. The summed E-state index contributed by atoms with van der Waals surface area (Å²) in [5, 5.41) is 0.265. The lowest BCUT2D eigenvalue weighted by molar-refractivity contribution is -0.144. The van der Waals surface area contributed by atoms with E-state index in [0.717, 1.165) is 12.8 Å². The molecular weight excluding hydrogens is 236 g/mol. The maximum atomic E-state index is 12.2. The third kappa shape index (κ3) is 4.41. The molecule has 4 heteroatoms.